The highest BCUT2D eigenvalue weighted by molar-refractivity contribution is 5.85. The Bertz CT molecular complexity index is 551. The number of hydrogen-bond acceptors (Lipinski definition) is 5. The standard InChI is InChI=1S/C15H19N3O2.ClH/c1-11-8-18(9-12(2)19-11)10-14-16-17-15(20-14)13-6-4-3-5-7-13;/h3-7,11-12H,8-10H2,1-2H3;1H. The Balaban J connectivity index is 0.00000161. The summed E-state index contributed by atoms with van der Waals surface area (Å²) in [5.74, 6) is 1.24. The van der Waals surface area contributed by atoms with E-state index >= 15 is 0 Å². The first-order valence-electron chi connectivity index (χ1n) is 6.96. The molecule has 0 spiro atoms. The summed E-state index contributed by atoms with van der Waals surface area (Å²) in [6, 6.07) is 9.83. The minimum atomic E-state index is 0. The van der Waals surface area contributed by atoms with Gasteiger partial charge in [0.15, 0.2) is 0 Å². The highest BCUT2D eigenvalue weighted by Gasteiger charge is 2.23. The number of hydrogen-bond donors (Lipinski definition) is 0. The number of aromatic nitrogens is 2. The molecule has 114 valence electrons. The van der Waals surface area contributed by atoms with Crippen LogP contribution in [0.2, 0.25) is 0 Å². The highest BCUT2D eigenvalue weighted by atomic mass is 35.5. The van der Waals surface area contributed by atoms with Gasteiger partial charge in [0.05, 0.1) is 18.8 Å². The molecule has 3 rings (SSSR count). The van der Waals surface area contributed by atoms with Crippen LogP contribution >= 0.6 is 12.4 Å². The van der Waals surface area contributed by atoms with Gasteiger partial charge in [-0.05, 0) is 26.0 Å². The second kappa shape index (κ2) is 7.02. The van der Waals surface area contributed by atoms with E-state index in [-0.39, 0.29) is 24.6 Å². The molecule has 0 aliphatic carbocycles. The maximum Gasteiger partial charge on any atom is 0.247 e. The molecule has 1 aromatic carbocycles. The molecule has 2 atom stereocenters. The van der Waals surface area contributed by atoms with Crippen LogP contribution in [-0.2, 0) is 11.3 Å². The SMILES string of the molecule is CC1CN(Cc2nnc(-c3ccccc3)o2)CC(C)O1.Cl. The van der Waals surface area contributed by atoms with Crippen molar-refractivity contribution < 1.29 is 9.15 Å². The van der Waals surface area contributed by atoms with E-state index in [1.165, 1.54) is 0 Å². The first kappa shape index (κ1) is 15.9. The highest BCUT2D eigenvalue weighted by Crippen LogP contribution is 2.19. The van der Waals surface area contributed by atoms with Gasteiger partial charge in [-0.15, -0.1) is 22.6 Å². The van der Waals surface area contributed by atoms with Crippen molar-refractivity contribution in [1.82, 2.24) is 15.1 Å². The molecule has 6 heteroatoms. The molecule has 1 aliphatic rings. The third-order valence-electron chi connectivity index (χ3n) is 3.34. The van der Waals surface area contributed by atoms with Crippen molar-refractivity contribution in [2.75, 3.05) is 13.1 Å². The summed E-state index contributed by atoms with van der Waals surface area (Å²) in [7, 11) is 0. The molecule has 0 radical (unpaired) electrons. The van der Waals surface area contributed by atoms with Gasteiger partial charge < -0.3 is 9.15 Å². The van der Waals surface area contributed by atoms with E-state index in [0.29, 0.717) is 18.3 Å². The summed E-state index contributed by atoms with van der Waals surface area (Å²) in [5, 5.41) is 8.25. The van der Waals surface area contributed by atoms with Crippen molar-refractivity contribution >= 4 is 12.4 Å². The van der Waals surface area contributed by atoms with Crippen molar-refractivity contribution in [3.8, 4) is 11.5 Å². The zero-order valence-corrected chi connectivity index (χ0v) is 13.0. The zero-order chi connectivity index (χ0) is 13.9. The lowest BCUT2D eigenvalue weighted by molar-refractivity contribution is -0.0721. The molecule has 0 amide bonds. The average molecular weight is 310 g/mol. The van der Waals surface area contributed by atoms with Crippen LogP contribution < -0.4 is 0 Å². The predicted molar refractivity (Wildman–Crippen MR) is 82.3 cm³/mol. The lowest BCUT2D eigenvalue weighted by Gasteiger charge is -2.34. The fourth-order valence-electron chi connectivity index (χ4n) is 2.62. The Hall–Kier alpha value is -1.43. The predicted octanol–water partition coefficient (Wildman–Crippen LogP) is 2.77. The fraction of sp³-hybridized carbons (Fsp3) is 0.467. The number of ether oxygens (including phenoxy) is 1. The van der Waals surface area contributed by atoms with Crippen LogP contribution in [0, 0.1) is 0 Å². The summed E-state index contributed by atoms with van der Waals surface area (Å²) in [5.41, 5.74) is 0.954. The Kier molecular flexibility index (Phi) is 5.33. The van der Waals surface area contributed by atoms with E-state index in [2.05, 4.69) is 28.9 Å². The van der Waals surface area contributed by atoms with Gasteiger partial charge in [0.25, 0.3) is 0 Å². The summed E-state index contributed by atoms with van der Waals surface area (Å²) in [6.45, 7) is 6.65. The summed E-state index contributed by atoms with van der Waals surface area (Å²) >= 11 is 0. The van der Waals surface area contributed by atoms with Gasteiger partial charge >= 0.3 is 0 Å². The van der Waals surface area contributed by atoms with E-state index < -0.39 is 0 Å². The van der Waals surface area contributed by atoms with Gasteiger partial charge in [0.1, 0.15) is 0 Å². The number of halogens is 1. The first-order chi connectivity index (χ1) is 9.70. The Morgan fingerprint density at radius 3 is 2.43 bits per heavy atom. The van der Waals surface area contributed by atoms with Crippen LogP contribution in [0.1, 0.15) is 19.7 Å². The van der Waals surface area contributed by atoms with E-state index in [0.717, 1.165) is 18.7 Å². The molecule has 2 heterocycles. The maximum atomic E-state index is 5.74. The molecule has 2 unspecified atom stereocenters. The van der Waals surface area contributed by atoms with Crippen molar-refractivity contribution in [3.05, 3.63) is 36.2 Å². The van der Waals surface area contributed by atoms with Crippen molar-refractivity contribution in [1.29, 1.82) is 0 Å². The van der Waals surface area contributed by atoms with Crippen molar-refractivity contribution in [3.63, 3.8) is 0 Å². The lowest BCUT2D eigenvalue weighted by atomic mass is 10.2. The third-order valence-corrected chi connectivity index (χ3v) is 3.34. The molecular weight excluding hydrogens is 290 g/mol. The number of rotatable bonds is 3. The van der Waals surface area contributed by atoms with E-state index in [9.17, 15) is 0 Å². The summed E-state index contributed by atoms with van der Waals surface area (Å²) in [6.07, 6.45) is 0.491. The molecular formula is C15H20ClN3O2. The zero-order valence-electron chi connectivity index (χ0n) is 12.2. The van der Waals surface area contributed by atoms with Crippen molar-refractivity contribution in [2.45, 2.75) is 32.6 Å². The molecule has 1 fully saturated rings. The summed E-state index contributed by atoms with van der Waals surface area (Å²) < 4.78 is 11.5. The third kappa shape index (κ3) is 4.03. The quantitative estimate of drug-likeness (QED) is 0.872. The van der Waals surface area contributed by atoms with Gasteiger partial charge in [-0.2, -0.15) is 0 Å². The van der Waals surface area contributed by atoms with Gasteiger partial charge in [-0.1, -0.05) is 18.2 Å². The lowest BCUT2D eigenvalue weighted by Crippen LogP contribution is -2.44. The number of nitrogens with zero attached hydrogens (tertiary/aromatic N) is 3. The minimum Gasteiger partial charge on any atom is -0.419 e. The molecule has 1 aliphatic heterocycles. The van der Waals surface area contributed by atoms with Crippen LogP contribution in [-0.4, -0.2) is 40.4 Å². The number of benzene rings is 1. The molecule has 0 N–H and O–H groups in total. The minimum absolute atomic E-state index is 0. The molecule has 1 aromatic heterocycles. The molecule has 5 nitrogen and oxygen atoms in total. The molecule has 0 saturated carbocycles. The van der Waals surface area contributed by atoms with E-state index in [1.54, 1.807) is 0 Å². The molecule has 2 aromatic rings. The maximum absolute atomic E-state index is 5.74. The molecule has 21 heavy (non-hydrogen) atoms. The van der Waals surface area contributed by atoms with Crippen molar-refractivity contribution in [2.24, 2.45) is 0 Å². The average Bonchev–Trinajstić information content (AvgIpc) is 2.87. The van der Waals surface area contributed by atoms with Crippen LogP contribution in [0.25, 0.3) is 11.5 Å². The Morgan fingerprint density at radius 1 is 1.10 bits per heavy atom. The van der Waals surface area contributed by atoms with Gasteiger partial charge in [0.2, 0.25) is 11.8 Å². The number of morpholine rings is 1. The second-order valence-corrected chi connectivity index (χ2v) is 5.32. The van der Waals surface area contributed by atoms with Crippen LogP contribution in [0.5, 0.6) is 0 Å². The topological polar surface area (TPSA) is 51.4 Å². The van der Waals surface area contributed by atoms with E-state index in [1.807, 2.05) is 30.3 Å². The van der Waals surface area contributed by atoms with E-state index in [4.69, 9.17) is 9.15 Å². The van der Waals surface area contributed by atoms with Crippen LogP contribution in [0.4, 0.5) is 0 Å². The Labute approximate surface area is 130 Å². The first-order valence-corrected chi connectivity index (χ1v) is 6.96. The second-order valence-electron chi connectivity index (χ2n) is 5.32. The molecule has 0 bridgehead atoms. The summed E-state index contributed by atoms with van der Waals surface area (Å²) in [4.78, 5) is 2.29. The normalized spacial score (nSPS) is 22.8. The Morgan fingerprint density at radius 2 is 1.76 bits per heavy atom. The monoisotopic (exact) mass is 309 g/mol. The smallest absolute Gasteiger partial charge is 0.247 e. The van der Waals surface area contributed by atoms with Gasteiger partial charge in [-0.25, -0.2) is 0 Å². The van der Waals surface area contributed by atoms with Crippen LogP contribution in [0.3, 0.4) is 0 Å². The van der Waals surface area contributed by atoms with Crippen LogP contribution in [0.15, 0.2) is 34.7 Å². The fourth-order valence-corrected chi connectivity index (χ4v) is 2.62. The molecule has 1 saturated heterocycles. The largest absolute Gasteiger partial charge is 0.419 e. The van der Waals surface area contributed by atoms with Gasteiger partial charge in [-0.3, -0.25) is 4.90 Å². The van der Waals surface area contributed by atoms with Gasteiger partial charge in [0, 0.05) is 18.7 Å².